The topological polar surface area (TPSA) is 106 Å². The van der Waals surface area contributed by atoms with Crippen LogP contribution in [0.2, 0.25) is 0 Å². The van der Waals surface area contributed by atoms with E-state index in [0.717, 1.165) is 36.1 Å². The van der Waals surface area contributed by atoms with Crippen LogP contribution in [0.25, 0.3) is 11.0 Å². The number of nitrogens with one attached hydrogen (secondary N) is 2. The van der Waals surface area contributed by atoms with Crippen LogP contribution in [0, 0.1) is 11.8 Å². The fourth-order valence-corrected chi connectivity index (χ4v) is 8.14. The molecule has 1 saturated heterocycles. The van der Waals surface area contributed by atoms with Crippen molar-refractivity contribution in [2.24, 2.45) is 0 Å². The first kappa shape index (κ1) is 37.2. The number of anilines is 1. The summed E-state index contributed by atoms with van der Waals surface area (Å²) < 4.78 is 109. The molecule has 9 nitrogen and oxygen atoms in total. The molecule has 0 spiro atoms. The van der Waals surface area contributed by atoms with Crippen molar-refractivity contribution >= 4 is 44.2 Å². The maximum Gasteiger partial charge on any atom is 0.406 e. The van der Waals surface area contributed by atoms with E-state index in [1.807, 2.05) is 14.0 Å². The zero-order valence-corrected chi connectivity index (χ0v) is 28.2. The van der Waals surface area contributed by atoms with E-state index in [2.05, 4.69) is 39.3 Å². The molecular formula is C31H35F6N5O4S2. The van der Waals surface area contributed by atoms with Gasteiger partial charge in [-0.2, -0.15) is 26.3 Å². The largest absolute Gasteiger partial charge is 0.495 e. The third kappa shape index (κ3) is 9.95. The number of benzene rings is 2. The van der Waals surface area contributed by atoms with E-state index in [-0.39, 0.29) is 44.6 Å². The van der Waals surface area contributed by atoms with Gasteiger partial charge >= 0.3 is 12.4 Å². The van der Waals surface area contributed by atoms with Crippen LogP contribution in [0.5, 0.6) is 5.75 Å². The number of hydrogen-bond acceptors (Lipinski definition) is 8. The molecule has 0 aliphatic carbocycles. The number of carbonyl (C=O) groups excluding carboxylic acids is 1. The molecule has 0 radical (unpaired) electrons. The summed E-state index contributed by atoms with van der Waals surface area (Å²) in [5.41, 5.74) is 0.801. The summed E-state index contributed by atoms with van der Waals surface area (Å²) in [6.45, 7) is 4.18. The van der Waals surface area contributed by atoms with E-state index in [1.165, 1.54) is 25.3 Å². The zero-order chi connectivity index (χ0) is 35.5. The minimum atomic E-state index is -4.63. The number of ether oxygens (including phenoxy) is 1. The van der Waals surface area contributed by atoms with Gasteiger partial charge in [-0.05, 0) is 44.7 Å². The number of fused-ring (bicyclic) bond motifs is 1. The van der Waals surface area contributed by atoms with Crippen molar-refractivity contribution in [1.82, 2.24) is 19.8 Å². The van der Waals surface area contributed by atoms with Gasteiger partial charge in [0, 0.05) is 30.0 Å². The first-order valence-corrected chi connectivity index (χ1v) is 17.3. The van der Waals surface area contributed by atoms with E-state index in [1.54, 1.807) is 11.8 Å². The average Bonchev–Trinajstić information content (AvgIpc) is 3.31. The van der Waals surface area contributed by atoms with Gasteiger partial charge in [-0.25, -0.2) is 13.4 Å². The number of nitrogens with zero attached hydrogens (tertiary/aromatic N) is 3. The lowest BCUT2D eigenvalue weighted by Crippen LogP contribution is -2.44. The van der Waals surface area contributed by atoms with Gasteiger partial charge in [0.05, 0.1) is 58.7 Å². The summed E-state index contributed by atoms with van der Waals surface area (Å²) in [7, 11) is -0.975. The molecule has 1 amide bonds. The summed E-state index contributed by atoms with van der Waals surface area (Å²) >= 11 is 1.61. The number of rotatable bonds is 9. The van der Waals surface area contributed by atoms with E-state index in [4.69, 9.17) is 4.74 Å². The van der Waals surface area contributed by atoms with Crippen LogP contribution in [0.1, 0.15) is 42.6 Å². The molecule has 0 saturated carbocycles. The Labute approximate surface area is 278 Å². The van der Waals surface area contributed by atoms with Crippen molar-refractivity contribution in [3.8, 4) is 17.6 Å². The highest BCUT2D eigenvalue weighted by Crippen LogP contribution is 2.34. The molecule has 2 heterocycles. The molecule has 1 aromatic heterocycles. The molecule has 48 heavy (non-hydrogen) atoms. The first-order chi connectivity index (χ1) is 22.3. The SMILES string of the molecule is COc1cc(S(=O)(=O)CCC(F)(F)F)ccc1NCC#Cc1cc(C(=O)N[C@]2(C)CCN(C)C[C@H](C)S2)c2ncn(CC(F)(F)F)c2c1. The number of thioether (sulfide) groups is 1. The van der Waals surface area contributed by atoms with E-state index in [9.17, 15) is 39.6 Å². The number of amides is 1. The molecular weight excluding hydrogens is 684 g/mol. The average molecular weight is 720 g/mol. The number of methoxy groups -OCH3 is 1. The molecule has 2 aromatic carbocycles. The van der Waals surface area contributed by atoms with Gasteiger partial charge in [0.2, 0.25) is 0 Å². The maximum atomic E-state index is 13.7. The van der Waals surface area contributed by atoms with E-state index in [0.29, 0.717) is 12.1 Å². The highest BCUT2D eigenvalue weighted by molar-refractivity contribution is 8.01. The summed E-state index contributed by atoms with van der Waals surface area (Å²) in [6.07, 6.45) is -8.99. The second kappa shape index (κ2) is 14.5. The smallest absolute Gasteiger partial charge is 0.406 e. The lowest BCUT2D eigenvalue weighted by Gasteiger charge is -2.30. The molecule has 2 N–H and O–H groups in total. The Hall–Kier alpha value is -3.62. The predicted octanol–water partition coefficient (Wildman–Crippen LogP) is 5.70. The normalized spacial score (nSPS) is 19.3. The standard InChI is InChI=1S/C31H35F6N5O4S2/c1-20-17-41(3)12-9-29(2,47-20)40-28(43)23-14-21(15-25-27(23)39-19-42(25)18-31(35,36)37)6-5-11-38-24-8-7-22(16-26(24)46-4)48(44,45)13-10-30(32,33)34/h7-8,14-16,19-20,38H,9-13,17-18H2,1-4H3,(H,40,43)/t20-,29-/m0/s1. The number of halogens is 6. The van der Waals surface area contributed by atoms with Crippen molar-refractivity contribution in [2.75, 3.05) is 44.9 Å². The number of hydrogen-bond donors (Lipinski definition) is 2. The number of alkyl halides is 6. The minimum Gasteiger partial charge on any atom is -0.495 e. The third-order valence-corrected chi connectivity index (χ3v) is 10.6. The Kier molecular flexibility index (Phi) is 11.2. The minimum absolute atomic E-state index is 0.0436. The molecule has 4 rings (SSSR count). The van der Waals surface area contributed by atoms with Crippen LogP contribution in [-0.4, -0.2) is 90.8 Å². The predicted molar refractivity (Wildman–Crippen MR) is 172 cm³/mol. The van der Waals surface area contributed by atoms with Crippen LogP contribution in [-0.2, 0) is 16.4 Å². The van der Waals surface area contributed by atoms with Gasteiger partial charge in [-0.3, -0.25) is 4.79 Å². The summed E-state index contributed by atoms with van der Waals surface area (Å²) in [5.74, 6) is 4.12. The van der Waals surface area contributed by atoms with Gasteiger partial charge in [0.15, 0.2) is 9.84 Å². The van der Waals surface area contributed by atoms with Gasteiger partial charge in [-0.15, -0.1) is 11.8 Å². The fraction of sp³-hybridized carbons (Fsp3) is 0.484. The number of carbonyl (C=O) groups is 1. The monoisotopic (exact) mass is 719 g/mol. The molecule has 1 aliphatic heterocycles. The number of imidazole rings is 1. The van der Waals surface area contributed by atoms with Crippen LogP contribution < -0.4 is 15.4 Å². The van der Waals surface area contributed by atoms with E-state index >= 15 is 0 Å². The molecule has 3 aromatic rings. The molecule has 1 fully saturated rings. The van der Waals surface area contributed by atoms with Crippen molar-refractivity contribution in [1.29, 1.82) is 0 Å². The Morgan fingerprint density at radius 1 is 1.17 bits per heavy atom. The van der Waals surface area contributed by atoms with Crippen LogP contribution >= 0.6 is 11.8 Å². The van der Waals surface area contributed by atoms with E-state index < -0.39 is 51.7 Å². The Morgan fingerprint density at radius 2 is 1.90 bits per heavy atom. The summed E-state index contributed by atoms with van der Waals surface area (Å²) in [4.78, 5) is 19.0. The second-order valence-electron chi connectivity index (χ2n) is 11.7. The molecule has 1 aliphatic rings. The Bertz CT molecular complexity index is 1820. The summed E-state index contributed by atoms with van der Waals surface area (Å²) in [5, 5.41) is 6.21. The highest BCUT2D eigenvalue weighted by atomic mass is 32.2. The van der Waals surface area contributed by atoms with Crippen molar-refractivity contribution in [2.45, 2.75) is 60.6 Å². The molecule has 0 bridgehead atoms. The van der Waals surface area contributed by atoms with Crippen LogP contribution in [0.4, 0.5) is 32.0 Å². The Morgan fingerprint density at radius 3 is 2.56 bits per heavy atom. The molecule has 0 unspecified atom stereocenters. The second-order valence-corrected chi connectivity index (χ2v) is 15.8. The molecule has 17 heteroatoms. The van der Waals surface area contributed by atoms with Crippen LogP contribution in [0.15, 0.2) is 41.6 Å². The molecule has 262 valence electrons. The summed E-state index contributed by atoms with van der Waals surface area (Å²) in [6, 6.07) is 6.47. The fourth-order valence-electron chi connectivity index (χ4n) is 5.27. The van der Waals surface area contributed by atoms with Crippen molar-refractivity contribution < 1.29 is 44.3 Å². The van der Waals surface area contributed by atoms with Crippen LogP contribution in [0.3, 0.4) is 0 Å². The number of sulfone groups is 1. The third-order valence-electron chi connectivity index (χ3n) is 7.48. The van der Waals surface area contributed by atoms with Crippen molar-refractivity contribution in [3.63, 3.8) is 0 Å². The van der Waals surface area contributed by atoms with Gasteiger partial charge < -0.3 is 24.8 Å². The lowest BCUT2D eigenvalue weighted by atomic mass is 10.1. The first-order valence-electron chi connectivity index (χ1n) is 14.7. The zero-order valence-electron chi connectivity index (χ0n) is 26.6. The highest BCUT2D eigenvalue weighted by Gasteiger charge is 2.34. The van der Waals surface area contributed by atoms with Gasteiger partial charge in [-0.1, -0.05) is 18.8 Å². The number of aromatic nitrogens is 2. The molecule has 2 atom stereocenters. The Balaban J connectivity index is 1.59. The van der Waals surface area contributed by atoms with Gasteiger partial charge in [0.25, 0.3) is 5.91 Å². The maximum absolute atomic E-state index is 13.7. The van der Waals surface area contributed by atoms with Crippen molar-refractivity contribution in [3.05, 3.63) is 47.8 Å². The lowest BCUT2D eigenvalue weighted by molar-refractivity contribution is -0.140. The quantitative estimate of drug-likeness (QED) is 0.215. The van der Waals surface area contributed by atoms with Gasteiger partial charge in [0.1, 0.15) is 17.8 Å².